The van der Waals surface area contributed by atoms with Gasteiger partial charge in [-0.05, 0) is 48.6 Å². The minimum Gasteiger partial charge on any atom is -0.497 e. The Labute approximate surface area is 182 Å². The molecule has 0 saturated heterocycles. The van der Waals surface area contributed by atoms with Crippen LogP contribution in [0.25, 0.3) is 11.3 Å². The number of carbonyl (C=O) groups excluding carboxylic acids is 1. The van der Waals surface area contributed by atoms with Crippen LogP contribution >= 0.6 is 28.1 Å². The molecule has 2 N–H and O–H groups in total. The minimum absolute atomic E-state index is 0.189. The summed E-state index contributed by atoms with van der Waals surface area (Å²) in [5.74, 6) is 2.07. The van der Waals surface area contributed by atoms with Gasteiger partial charge < -0.3 is 19.2 Å². The molecule has 29 heavy (non-hydrogen) atoms. The van der Waals surface area contributed by atoms with Gasteiger partial charge in [-0.25, -0.2) is 0 Å². The Kier molecular flexibility index (Phi) is 6.90. The summed E-state index contributed by atoms with van der Waals surface area (Å²) in [4.78, 5) is 12.5. The molecular weight excluding hydrogens is 456 g/mol. The summed E-state index contributed by atoms with van der Waals surface area (Å²) in [6.45, 7) is 0.343. The average Bonchev–Trinajstić information content (AvgIpc) is 3.21. The fourth-order valence-corrected chi connectivity index (χ4v) is 3.04. The summed E-state index contributed by atoms with van der Waals surface area (Å²) in [6, 6.07) is 16.5. The molecule has 0 bridgehead atoms. The zero-order valence-electron chi connectivity index (χ0n) is 15.8. The number of furan rings is 1. The van der Waals surface area contributed by atoms with Crippen LogP contribution in [0.5, 0.6) is 11.5 Å². The zero-order chi connectivity index (χ0) is 20.8. The highest BCUT2D eigenvalue weighted by atomic mass is 79.9. The maximum Gasteiger partial charge on any atom is 0.261 e. The fourth-order valence-electron chi connectivity index (χ4n) is 2.61. The van der Waals surface area contributed by atoms with Gasteiger partial charge in [0.2, 0.25) is 0 Å². The second kappa shape index (κ2) is 9.58. The summed E-state index contributed by atoms with van der Waals surface area (Å²) < 4.78 is 17.2. The highest BCUT2D eigenvalue weighted by molar-refractivity contribution is 9.10. The van der Waals surface area contributed by atoms with Gasteiger partial charge in [0.1, 0.15) is 23.0 Å². The predicted molar refractivity (Wildman–Crippen MR) is 118 cm³/mol. The van der Waals surface area contributed by atoms with Crippen LogP contribution in [-0.2, 0) is 6.54 Å². The molecule has 3 rings (SSSR count). The van der Waals surface area contributed by atoms with Gasteiger partial charge in [-0.2, -0.15) is 0 Å². The molecule has 0 fully saturated rings. The van der Waals surface area contributed by atoms with E-state index in [1.807, 2.05) is 36.4 Å². The smallest absolute Gasteiger partial charge is 0.261 e. The van der Waals surface area contributed by atoms with Crippen molar-refractivity contribution in [2.75, 3.05) is 14.2 Å². The first-order valence-corrected chi connectivity index (χ1v) is 9.86. The maximum atomic E-state index is 12.5. The first-order valence-electron chi connectivity index (χ1n) is 8.66. The number of hydrogen-bond acceptors (Lipinski definition) is 5. The van der Waals surface area contributed by atoms with Crippen LogP contribution in [0.1, 0.15) is 16.1 Å². The lowest BCUT2D eigenvalue weighted by atomic mass is 10.2. The number of benzene rings is 2. The van der Waals surface area contributed by atoms with Crippen molar-refractivity contribution in [2.24, 2.45) is 0 Å². The molecule has 0 saturated carbocycles. The lowest BCUT2D eigenvalue weighted by Crippen LogP contribution is -2.38. The van der Waals surface area contributed by atoms with Gasteiger partial charge >= 0.3 is 0 Å². The number of nitrogens with one attached hydrogen (secondary N) is 2. The van der Waals surface area contributed by atoms with E-state index in [2.05, 4.69) is 26.6 Å². The molecule has 150 valence electrons. The maximum absolute atomic E-state index is 12.5. The molecular formula is C21H19BrN2O4S. The molecule has 0 unspecified atom stereocenters. The molecule has 0 spiro atoms. The third-order valence-electron chi connectivity index (χ3n) is 4.09. The number of ether oxygens (including phenoxy) is 2. The van der Waals surface area contributed by atoms with E-state index in [1.54, 1.807) is 25.3 Å². The van der Waals surface area contributed by atoms with Crippen LogP contribution in [0.2, 0.25) is 0 Å². The van der Waals surface area contributed by atoms with Gasteiger partial charge in [0.25, 0.3) is 5.91 Å². The van der Waals surface area contributed by atoms with E-state index in [1.165, 1.54) is 7.11 Å². The van der Waals surface area contributed by atoms with Crippen LogP contribution in [0, 0.1) is 0 Å². The van der Waals surface area contributed by atoms with E-state index in [0.717, 1.165) is 15.8 Å². The Morgan fingerprint density at radius 1 is 1.07 bits per heavy atom. The summed E-state index contributed by atoms with van der Waals surface area (Å²) in [6.07, 6.45) is 0. The monoisotopic (exact) mass is 474 g/mol. The number of halogens is 1. The van der Waals surface area contributed by atoms with E-state index in [4.69, 9.17) is 26.1 Å². The SMILES string of the molecule is COc1ccc(C(=O)NC(=S)NCc2ccc(-c3ccc(Br)cc3)o2)c(OC)c1. The number of hydrogen-bond donors (Lipinski definition) is 2. The fraction of sp³-hybridized carbons (Fsp3) is 0.143. The Balaban J connectivity index is 1.58. The molecule has 0 aliphatic heterocycles. The highest BCUT2D eigenvalue weighted by Crippen LogP contribution is 2.25. The second-order valence-corrected chi connectivity index (χ2v) is 7.30. The van der Waals surface area contributed by atoms with Crippen molar-refractivity contribution in [3.63, 3.8) is 0 Å². The van der Waals surface area contributed by atoms with Crippen LogP contribution in [0.15, 0.2) is 63.5 Å². The molecule has 8 heteroatoms. The molecule has 1 aromatic heterocycles. The standard InChI is InChI=1S/C21H19BrN2O4S/c1-26-15-7-9-17(19(11-15)27-2)20(25)24-21(29)23-12-16-8-10-18(28-16)13-3-5-14(22)6-4-13/h3-11H,12H2,1-2H3,(H2,23,24,25,29). The lowest BCUT2D eigenvalue weighted by Gasteiger charge is -2.12. The third-order valence-corrected chi connectivity index (χ3v) is 4.87. The Morgan fingerprint density at radius 2 is 1.83 bits per heavy atom. The van der Waals surface area contributed by atoms with Gasteiger partial charge in [0.05, 0.1) is 26.3 Å². The van der Waals surface area contributed by atoms with Crippen molar-refractivity contribution in [2.45, 2.75) is 6.54 Å². The Bertz CT molecular complexity index is 1020. The zero-order valence-corrected chi connectivity index (χ0v) is 18.2. The molecule has 0 radical (unpaired) electrons. The summed E-state index contributed by atoms with van der Waals surface area (Å²) >= 11 is 8.63. The van der Waals surface area contributed by atoms with Crippen molar-refractivity contribution in [1.82, 2.24) is 10.6 Å². The molecule has 3 aromatic rings. The molecule has 0 aliphatic carbocycles. The normalized spacial score (nSPS) is 10.3. The van der Waals surface area contributed by atoms with Crippen LogP contribution < -0.4 is 20.1 Å². The lowest BCUT2D eigenvalue weighted by molar-refractivity contribution is 0.0973. The van der Waals surface area contributed by atoms with Crippen molar-refractivity contribution in [3.05, 3.63) is 70.4 Å². The topological polar surface area (TPSA) is 72.7 Å². The first kappa shape index (κ1) is 20.9. The largest absolute Gasteiger partial charge is 0.497 e. The number of amides is 1. The average molecular weight is 475 g/mol. The van der Waals surface area contributed by atoms with Crippen molar-refractivity contribution in [3.8, 4) is 22.8 Å². The van der Waals surface area contributed by atoms with E-state index in [0.29, 0.717) is 29.4 Å². The number of thiocarbonyl (C=S) groups is 1. The molecule has 0 aliphatic rings. The Hall–Kier alpha value is -2.84. The Morgan fingerprint density at radius 3 is 2.52 bits per heavy atom. The van der Waals surface area contributed by atoms with Gasteiger partial charge in [-0.3, -0.25) is 10.1 Å². The van der Waals surface area contributed by atoms with Crippen molar-refractivity contribution >= 4 is 39.2 Å². The number of methoxy groups -OCH3 is 2. The third kappa shape index (κ3) is 5.36. The summed E-state index contributed by atoms with van der Waals surface area (Å²) in [5.41, 5.74) is 1.33. The van der Waals surface area contributed by atoms with E-state index < -0.39 is 0 Å². The minimum atomic E-state index is -0.378. The molecule has 0 atom stereocenters. The quantitative estimate of drug-likeness (QED) is 0.511. The highest BCUT2D eigenvalue weighted by Gasteiger charge is 2.15. The van der Waals surface area contributed by atoms with Gasteiger partial charge in [0.15, 0.2) is 5.11 Å². The molecule has 1 amide bonds. The molecule has 2 aromatic carbocycles. The van der Waals surface area contributed by atoms with Gasteiger partial charge in [-0.1, -0.05) is 28.1 Å². The van der Waals surface area contributed by atoms with Crippen LogP contribution in [0.4, 0.5) is 0 Å². The van der Waals surface area contributed by atoms with Gasteiger partial charge in [0, 0.05) is 16.1 Å². The second-order valence-electron chi connectivity index (χ2n) is 5.98. The van der Waals surface area contributed by atoms with Crippen molar-refractivity contribution < 1.29 is 18.7 Å². The molecule has 6 nitrogen and oxygen atoms in total. The van der Waals surface area contributed by atoms with E-state index in [9.17, 15) is 4.79 Å². The number of carbonyl (C=O) groups is 1. The van der Waals surface area contributed by atoms with Crippen LogP contribution in [-0.4, -0.2) is 25.2 Å². The van der Waals surface area contributed by atoms with Gasteiger partial charge in [-0.15, -0.1) is 0 Å². The summed E-state index contributed by atoms with van der Waals surface area (Å²) in [5, 5.41) is 5.79. The number of rotatable bonds is 6. The first-order chi connectivity index (χ1) is 14.0. The van der Waals surface area contributed by atoms with E-state index >= 15 is 0 Å². The summed E-state index contributed by atoms with van der Waals surface area (Å²) in [7, 11) is 3.03. The van der Waals surface area contributed by atoms with E-state index in [-0.39, 0.29) is 11.0 Å². The van der Waals surface area contributed by atoms with Crippen molar-refractivity contribution in [1.29, 1.82) is 0 Å². The van der Waals surface area contributed by atoms with Crippen LogP contribution in [0.3, 0.4) is 0 Å². The predicted octanol–water partition coefficient (Wildman–Crippen LogP) is 4.53. The molecule has 1 heterocycles.